The van der Waals surface area contributed by atoms with E-state index in [-0.39, 0.29) is 17.4 Å². The maximum absolute atomic E-state index is 14.1. The standard InChI is InChI=1S/C26H22FN5O/c27-22-6-2-1-5-20(22)26(33)32-15-10-19(11-16-32)24-21(18-8-13-28-14-9-18)17-30-25(31-24)23-7-3-4-12-29-23/h1-9,12-14,17,19H,10-11,15-16H2. The number of benzene rings is 1. The zero-order chi connectivity index (χ0) is 22.6. The van der Waals surface area contributed by atoms with E-state index in [0.717, 1.165) is 29.7 Å². The molecule has 5 rings (SSSR count). The van der Waals surface area contributed by atoms with Crippen LogP contribution in [0.4, 0.5) is 4.39 Å². The highest BCUT2D eigenvalue weighted by Crippen LogP contribution is 2.35. The molecule has 0 aliphatic carbocycles. The van der Waals surface area contributed by atoms with Crippen LogP contribution in [0.25, 0.3) is 22.6 Å². The Morgan fingerprint density at radius 1 is 0.909 bits per heavy atom. The van der Waals surface area contributed by atoms with E-state index in [1.54, 1.807) is 35.6 Å². The van der Waals surface area contributed by atoms with Gasteiger partial charge in [-0.2, -0.15) is 0 Å². The Balaban J connectivity index is 1.43. The van der Waals surface area contributed by atoms with Crippen molar-refractivity contribution in [2.45, 2.75) is 18.8 Å². The molecule has 1 aliphatic heterocycles. The van der Waals surface area contributed by atoms with Crippen molar-refractivity contribution in [3.8, 4) is 22.6 Å². The minimum Gasteiger partial charge on any atom is -0.339 e. The van der Waals surface area contributed by atoms with E-state index in [1.807, 2.05) is 36.5 Å². The fraction of sp³-hybridized carbons (Fsp3) is 0.192. The van der Waals surface area contributed by atoms with Crippen LogP contribution in [-0.2, 0) is 0 Å². The van der Waals surface area contributed by atoms with E-state index in [1.165, 1.54) is 12.1 Å². The Bertz CT molecular complexity index is 1260. The van der Waals surface area contributed by atoms with E-state index < -0.39 is 5.82 Å². The smallest absolute Gasteiger partial charge is 0.256 e. The van der Waals surface area contributed by atoms with Crippen molar-refractivity contribution in [2.24, 2.45) is 0 Å². The fourth-order valence-electron chi connectivity index (χ4n) is 4.24. The maximum atomic E-state index is 14.1. The molecule has 0 bridgehead atoms. The minimum atomic E-state index is -0.486. The van der Waals surface area contributed by atoms with Gasteiger partial charge in [0.15, 0.2) is 5.82 Å². The second kappa shape index (κ2) is 9.24. The number of nitrogens with zero attached hydrogens (tertiary/aromatic N) is 5. The third kappa shape index (κ3) is 4.35. The van der Waals surface area contributed by atoms with Crippen LogP contribution in [0.15, 0.2) is 79.4 Å². The van der Waals surface area contributed by atoms with Crippen LogP contribution in [-0.4, -0.2) is 43.8 Å². The molecular weight excluding hydrogens is 417 g/mol. The van der Waals surface area contributed by atoms with Gasteiger partial charge in [-0.15, -0.1) is 0 Å². The van der Waals surface area contributed by atoms with Crippen LogP contribution in [0.2, 0.25) is 0 Å². The van der Waals surface area contributed by atoms with Crippen molar-refractivity contribution in [1.29, 1.82) is 0 Å². The van der Waals surface area contributed by atoms with Crippen molar-refractivity contribution >= 4 is 5.91 Å². The van der Waals surface area contributed by atoms with E-state index in [4.69, 9.17) is 4.98 Å². The molecule has 0 atom stereocenters. The molecule has 7 heteroatoms. The average molecular weight is 439 g/mol. The van der Waals surface area contributed by atoms with Gasteiger partial charge in [0.25, 0.3) is 5.91 Å². The van der Waals surface area contributed by atoms with Crippen molar-refractivity contribution in [2.75, 3.05) is 13.1 Å². The Kier molecular flexibility index (Phi) is 5.85. The highest BCUT2D eigenvalue weighted by atomic mass is 19.1. The zero-order valence-electron chi connectivity index (χ0n) is 17.9. The molecule has 0 spiro atoms. The number of piperidine rings is 1. The molecular formula is C26H22FN5O. The lowest BCUT2D eigenvalue weighted by Gasteiger charge is -2.32. The van der Waals surface area contributed by atoms with Gasteiger partial charge < -0.3 is 4.90 Å². The third-order valence-corrected chi connectivity index (χ3v) is 5.98. The summed E-state index contributed by atoms with van der Waals surface area (Å²) in [5, 5.41) is 0. The lowest BCUT2D eigenvalue weighted by atomic mass is 9.88. The first kappa shape index (κ1) is 20.9. The van der Waals surface area contributed by atoms with Crippen molar-refractivity contribution in [3.05, 3.63) is 96.5 Å². The molecule has 3 aromatic heterocycles. The summed E-state index contributed by atoms with van der Waals surface area (Å²) in [5.41, 5.74) is 3.73. The molecule has 0 radical (unpaired) electrons. The number of aromatic nitrogens is 4. The topological polar surface area (TPSA) is 71.9 Å². The monoisotopic (exact) mass is 439 g/mol. The number of rotatable bonds is 4. The summed E-state index contributed by atoms with van der Waals surface area (Å²) in [4.78, 5) is 32.6. The SMILES string of the molecule is O=C(c1ccccc1F)N1CCC(c2nc(-c3ccccn3)ncc2-c2ccncc2)CC1. The van der Waals surface area contributed by atoms with Crippen molar-refractivity contribution < 1.29 is 9.18 Å². The quantitative estimate of drug-likeness (QED) is 0.459. The molecule has 1 aliphatic rings. The number of likely N-dealkylation sites (tertiary alicyclic amines) is 1. The van der Waals surface area contributed by atoms with E-state index in [2.05, 4.69) is 15.0 Å². The van der Waals surface area contributed by atoms with Gasteiger partial charge in [-0.25, -0.2) is 14.4 Å². The average Bonchev–Trinajstić information content (AvgIpc) is 2.89. The summed E-state index contributed by atoms with van der Waals surface area (Å²) in [6, 6.07) is 15.7. The van der Waals surface area contributed by atoms with Crippen LogP contribution in [0.1, 0.15) is 34.8 Å². The second-order valence-electron chi connectivity index (χ2n) is 7.99. The van der Waals surface area contributed by atoms with Gasteiger partial charge in [-0.3, -0.25) is 14.8 Å². The molecule has 1 fully saturated rings. The lowest BCUT2D eigenvalue weighted by molar-refractivity contribution is 0.0707. The molecule has 4 aromatic rings. The highest BCUT2D eigenvalue weighted by molar-refractivity contribution is 5.94. The van der Waals surface area contributed by atoms with E-state index in [9.17, 15) is 9.18 Å². The Morgan fingerprint density at radius 2 is 1.67 bits per heavy atom. The molecule has 1 amide bonds. The van der Waals surface area contributed by atoms with Gasteiger partial charge in [-0.1, -0.05) is 18.2 Å². The summed E-state index contributed by atoms with van der Waals surface area (Å²) in [5.74, 6) is -0.0327. The normalized spacial score (nSPS) is 14.3. The summed E-state index contributed by atoms with van der Waals surface area (Å²) in [7, 11) is 0. The van der Waals surface area contributed by atoms with Crippen LogP contribution < -0.4 is 0 Å². The fourth-order valence-corrected chi connectivity index (χ4v) is 4.24. The number of pyridine rings is 2. The number of carbonyl (C=O) groups is 1. The van der Waals surface area contributed by atoms with Crippen molar-refractivity contribution in [3.63, 3.8) is 0 Å². The Labute approximate surface area is 191 Å². The van der Waals surface area contributed by atoms with Crippen LogP contribution in [0.5, 0.6) is 0 Å². The minimum absolute atomic E-state index is 0.118. The van der Waals surface area contributed by atoms with Crippen LogP contribution in [0, 0.1) is 5.82 Å². The second-order valence-corrected chi connectivity index (χ2v) is 7.99. The van der Waals surface area contributed by atoms with Gasteiger partial charge in [0.05, 0.1) is 11.3 Å². The first-order valence-electron chi connectivity index (χ1n) is 10.9. The molecule has 0 unspecified atom stereocenters. The summed E-state index contributed by atoms with van der Waals surface area (Å²) in [6.07, 6.45) is 8.54. The number of carbonyl (C=O) groups excluding carboxylic acids is 1. The summed E-state index contributed by atoms with van der Waals surface area (Å²) < 4.78 is 14.1. The molecule has 6 nitrogen and oxygen atoms in total. The van der Waals surface area contributed by atoms with Crippen LogP contribution in [0.3, 0.4) is 0 Å². The Morgan fingerprint density at radius 3 is 2.39 bits per heavy atom. The van der Waals surface area contributed by atoms with E-state index in [0.29, 0.717) is 24.6 Å². The summed E-state index contributed by atoms with van der Waals surface area (Å²) in [6.45, 7) is 1.08. The third-order valence-electron chi connectivity index (χ3n) is 5.98. The van der Waals surface area contributed by atoms with Gasteiger partial charge >= 0.3 is 0 Å². The molecule has 33 heavy (non-hydrogen) atoms. The number of hydrogen-bond donors (Lipinski definition) is 0. The predicted octanol–water partition coefficient (Wildman–Crippen LogP) is 4.76. The number of halogens is 1. The van der Waals surface area contributed by atoms with Gasteiger partial charge in [0.1, 0.15) is 11.5 Å². The first-order valence-corrected chi connectivity index (χ1v) is 10.9. The first-order chi connectivity index (χ1) is 16.2. The molecule has 164 valence electrons. The highest BCUT2D eigenvalue weighted by Gasteiger charge is 2.28. The van der Waals surface area contributed by atoms with Gasteiger partial charge in [0, 0.05) is 49.4 Å². The van der Waals surface area contributed by atoms with Gasteiger partial charge in [-0.05, 0) is 54.8 Å². The van der Waals surface area contributed by atoms with Gasteiger partial charge in [0.2, 0.25) is 0 Å². The zero-order valence-corrected chi connectivity index (χ0v) is 17.9. The van der Waals surface area contributed by atoms with Crippen LogP contribution >= 0.6 is 0 Å². The predicted molar refractivity (Wildman–Crippen MR) is 123 cm³/mol. The molecule has 0 saturated carbocycles. The summed E-state index contributed by atoms with van der Waals surface area (Å²) >= 11 is 0. The molecule has 1 saturated heterocycles. The lowest BCUT2D eigenvalue weighted by Crippen LogP contribution is -2.38. The largest absolute Gasteiger partial charge is 0.339 e. The maximum Gasteiger partial charge on any atom is 0.256 e. The molecule has 4 heterocycles. The Hall–Kier alpha value is -4.00. The number of amides is 1. The number of hydrogen-bond acceptors (Lipinski definition) is 5. The van der Waals surface area contributed by atoms with Crippen molar-refractivity contribution in [1.82, 2.24) is 24.8 Å². The van der Waals surface area contributed by atoms with E-state index >= 15 is 0 Å². The molecule has 1 aromatic carbocycles. The molecule has 0 N–H and O–H groups in total.